The molecule has 0 aliphatic rings. The van der Waals surface area contributed by atoms with Crippen LogP contribution in [0.15, 0.2) is 35.7 Å². The van der Waals surface area contributed by atoms with Crippen LogP contribution in [0.3, 0.4) is 0 Å². The first kappa shape index (κ1) is 19.1. The van der Waals surface area contributed by atoms with E-state index in [1.165, 1.54) is 11.3 Å². The molecule has 0 radical (unpaired) electrons. The van der Waals surface area contributed by atoms with Crippen LogP contribution in [0, 0.1) is 0 Å². The van der Waals surface area contributed by atoms with Gasteiger partial charge in [0, 0.05) is 23.0 Å². The molecule has 1 aromatic carbocycles. The van der Waals surface area contributed by atoms with E-state index in [-0.39, 0.29) is 30.3 Å². The Morgan fingerprint density at radius 1 is 1.20 bits per heavy atom. The molecule has 0 atom stereocenters. The molecule has 0 spiro atoms. The predicted molar refractivity (Wildman–Crippen MR) is 101 cm³/mol. The Morgan fingerprint density at radius 3 is 2.48 bits per heavy atom. The lowest BCUT2D eigenvalue weighted by Gasteiger charge is -2.25. The van der Waals surface area contributed by atoms with Crippen LogP contribution in [0.1, 0.15) is 33.4 Å². The van der Waals surface area contributed by atoms with Gasteiger partial charge in [-0.15, -0.1) is 11.3 Å². The monoisotopic (exact) mass is 359 g/mol. The minimum Gasteiger partial charge on any atom is -0.350 e. The van der Waals surface area contributed by atoms with E-state index in [1.807, 2.05) is 63.4 Å². The van der Waals surface area contributed by atoms with Crippen molar-refractivity contribution in [1.82, 2.24) is 15.2 Å². The van der Waals surface area contributed by atoms with Crippen LogP contribution in [0.2, 0.25) is 0 Å². The van der Waals surface area contributed by atoms with Gasteiger partial charge in [0.05, 0.1) is 18.7 Å². The summed E-state index contributed by atoms with van der Waals surface area (Å²) in [6.07, 6.45) is 0.208. The zero-order chi connectivity index (χ0) is 18.4. The van der Waals surface area contributed by atoms with Gasteiger partial charge in [0.2, 0.25) is 11.8 Å². The Bertz CT molecular complexity index is 720. The number of hydrogen-bond donors (Lipinski definition) is 1. The Morgan fingerprint density at radius 2 is 1.88 bits per heavy atom. The van der Waals surface area contributed by atoms with Crippen molar-refractivity contribution >= 4 is 23.2 Å². The average molecular weight is 359 g/mol. The summed E-state index contributed by atoms with van der Waals surface area (Å²) in [5.74, 6) is -0.234. The highest BCUT2D eigenvalue weighted by Gasteiger charge is 2.20. The van der Waals surface area contributed by atoms with Gasteiger partial charge < -0.3 is 10.2 Å². The van der Waals surface area contributed by atoms with Gasteiger partial charge in [0.1, 0.15) is 5.01 Å². The maximum atomic E-state index is 12.5. The Labute approximate surface area is 153 Å². The number of carbonyl (C=O) groups excluding carboxylic acids is 2. The average Bonchev–Trinajstić information content (AvgIpc) is 3.00. The first-order valence-electron chi connectivity index (χ1n) is 8.37. The normalized spacial score (nSPS) is 11.2. The molecule has 0 aliphatic heterocycles. The molecule has 0 bridgehead atoms. The quantitative estimate of drug-likeness (QED) is 0.862. The number of carbonyl (C=O) groups is 2. The summed E-state index contributed by atoms with van der Waals surface area (Å²) in [6.45, 7) is 8.20. The van der Waals surface area contributed by atoms with Gasteiger partial charge in [-0.1, -0.05) is 30.3 Å². The lowest BCUT2D eigenvalue weighted by atomic mass is 10.1. The van der Waals surface area contributed by atoms with Gasteiger partial charge in [0.25, 0.3) is 0 Å². The molecule has 2 amide bonds. The molecule has 0 saturated heterocycles. The van der Waals surface area contributed by atoms with Gasteiger partial charge in [-0.3, -0.25) is 9.59 Å². The SMILES string of the molecule is CCN(CC(=O)NC(C)(C)C)C(=O)Cc1csc(-c2ccccc2)n1. The second-order valence-corrected chi connectivity index (χ2v) is 7.75. The van der Waals surface area contributed by atoms with Crippen LogP contribution in [0.25, 0.3) is 10.6 Å². The van der Waals surface area contributed by atoms with E-state index in [1.54, 1.807) is 4.90 Å². The Balaban J connectivity index is 1.98. The summed E-state index contributed by atoms with van der Waals surface area (Å²) >= 11 is 1.52. The molecule has 2 rings (SSSR count). The standard InChI is InChI=1S/C19H25N3O2S/c1-5-22(12-16(23)21-19(2,3)4)17(24)11-15-13-25-18(20-15)14-9-7-6-8-10-14/h6-10,13H,5,11-12H2,1-4H3,(H,21,23). The molecule has 5 nitrogen and oxygen atoms in total. The molecule has 0 saturated carbocycles. The van der Waals surface area contributed by atoms with Crippen LogP contribution in [-0.2, 0) is 16.0 Å². The van der Waals surface area contributed by atoms with Crippen LogP contribution in [-0.4, -0.2) is 40.3 Å². The van der Waals surface area contributed by atoms with Crippen molar-refractivity contribution < 1.29 is 9.59 Å². The zero-order valence-electron chi connectivity index (χ0n) is 15.2. The lowest BCUT2D eigenvalue weighted by molar-refractivity contribution is -0.135. The number of nitrogens with one attached hydrogen (secondary N) is 1. The Kier molecular flexibility index (Phi) is 6.31. The van der Waals surface area contributed by atoms with Gasteiger partial charge in [0.15, 0.2) is 0 Å². The molecule has 6 heteroatoms. The van der Waals surface area contributed by atoms with E-state index in [9.17, 15) is 9.59 Å². The predicted octanol–water partition coefficient (Wildman–Crippen LogP) is 3.12. The number of aromatic nitrogens is 1. The van der Waals surface area contributed by atoms with E-state index in [0.29, 0.717) is 6.54 Å². The summed E-state index contributed by atoms with van der Waals surface area (Å²) < 4.78 is 0. The van der Waals surface area contributed by atoms with Crippen molar-refractivity contribution in [2.75, 3.05) is 13.1 Å². The summed E-state index contributed by atoms with van der Waals surface area (Å²) in [5, 5.41) is 5.69. The first-order valence-corrected chi connectivity index (χ1v) is 9.25. The molecule has 25 heavy (non-hydrogen) atoms. The van der Waals surface area contributed by atoms with E-state index in [2.05, 4.69) is 10.3 Å². The van der Waals surface area contributed by atoms with Gasteiger partial charge in [-0.2, -0.15) is 0 Å². The third kappa shape index (κ3) is 5.98. The summed E-state index contributed by atoms with van der Waals surface area (Å²) in [5.41, 5.74) is 1.48. The summed E-state index contributed by atoms with van der Waals surface area (Å²) in [4.78, 5) is 30.7. The van der Waals surface area contributed by atoms with Crippen molar-refractivity contribution in [3.63, 3.8) is 0 Å². The fourth-order valence-corrected chi connectivity index (χ4v) is 3.20. The maximum absolute atomic E-state index is 12.5. The van der Waals surface area contributed by atoms with Crippen LogP contribution in [0.4, 0.5) is 0 Å². The molecule has 1 N–H and O–H groups in total. The van der Waals surface area contributed by atoms with Crippen LogP contribution in [0.5, 0.6) is 0 Å². The highest BCUT2D eigenvalue weighted by atomic mass is 32.1. The van der Waals surface area contributed by atoms with Crippen molar-refractivity contribution in [2.45, 2.75) is 39.7 Å². The molecule has 2 aromatic rings. The topological polar surface area (TPSA) is 62.3 Å². The smallest absolute Gasteiger partial charge is 0.240 e. The number of amides is 2. The van der Waals surface area contributed by atoms with E-state index in [4.69, 9.17) is 0 Å². The molecule has 0 fully saturated rings. The van der Waals surface area contributed by atoms with E-state index < -0.39 is 0 Å². The van der Waals surface area contributed by atoms with Crippen molar-refractivity contribution in [1.29, 1.82) is 0 Å². The maximum Gasteiger partial charge on any atom is 0.240 e. The minimum absolute atomic E-state index is 0.0717. The third-order valence-electron chi connectivity index (χ3n) is 3.49. The zero-order valence-corrected chi connectivity index (χ0v) is 16.0. The molecule has 134 valence electrons. The van der Waals surface area contributed by atoms with Gasteiger partial charge >= 0.3 is 0 Å². The van der Waals surface area contributed by atoms with Crippen molar-refractivity contribution in [3.05, 3.63) is 41.4 Å². The number of benzene rings is 1. The summed E-state index contributed by atoms with van der Waals surface area (Å²) in [6, 6.07) is 9.89. The number of hydrogen-bond acceptors (Lipinski definition) is 4. The molecule has 1 aromatic heterocycles. The fraction of sp³-hybridized carbons (Fsp3) is 0.421. The van der Waals surface area contributed by atoms with Crippen LogP contribution < -0.4 is 5.32 Å². The van der Waals surface area contributed by atoms with Crippen molar-refractivity contribution in [2.24, 2.45) is 0 Å². The lowest BCUT2D eigenvalue weighted by Crippen LogP contribution is -2.47. The first-order chi connectivity index (χ1) is 11.8. The largest absolute Gasteiger partial charge is 0.350 e. The molecule has 0 unspecified atom stereocenters. The van der Waals surface area contributed by atoms with Gasteiger partial charge in [-0.25, -0.2) is 4.98 Å². The van der Waals surface area contributed by atoms with Crippen molar-refractivity contribution in [3.8, 4) is 10.6 Å². The number of nitrogens with zero attached hydrogens (tertiary/aromatic N) is 2. The number of thiazole rings is 1. The van der Waals surface area contributed by atoms with Crippen LogP contribution >= 0.6 is 11.3 Å². The highest BCUT2D eigenvalue weighted by molar-refractivity contribution is 7.13. The second-order valence-electron chi connectivity index (χ2n) is 6.89. The molecular formula is C19H25N3O2S. The molecule has 0 aliphatic carbocycles. The van der Waals surface area contributed by atoms with Gasteiger partial charge in [-0.05, 0) is 27.7 Å². The summed E-state index contributed by atoms with van der Waals surface area (Å²) in [7, 11) is 0. The number of rotatable bonds is 6. The second kappa shape index (κ2) is 8.25. The fourth-order valence-electron chi connectivity index (χ4n) is 2.38. The Hall–Kier alpha value is -2.21. The number of likely N-dealkylation sites (N-methyl/N-ethyl adjacent to an activating group) is 1. The van der Waals surface area contributed by atoms with E-state index in [0.717, 1.165) is 16.3 Å². The molecule has 1 heterocycles. The minimum atomic E-state index is -0.307. The highest BCUT2D eigenvalue weighted by Crippen LogP contribution is 2.23. The third-order valence-corrected chi connectivity index (χ3v) is 4.43. The molecular weight excluding hydrogens is 334 g/mol. The van der Waals surface area contributed by atoms with E-state index >= 15 is 0 Å².